The molecule has 0 aliphatic rings. The molecule has 0 aliphatic heterocycles. The predicted octanol–water partition coefficient (Wildman–Crippen LogP) is 3.10. The topological polar surface area (TPSA) is 45.8 Å². The molecule has 1 N–H and O–H groups in total. The average Bonchev–Trinajstić information content (AvgIpc) is 2.92. The van der Waals surface area contributed by atoms with E-state index in [-0.39, 0.29) is 5.12 Å². The number of carbonyl (C=O) groups excluding carboxylic acids is 1. The van der Waals surface area contributed by atoms with Crippen LogP contribution in [0.5, 0.6) is 0 Å². The zero-order chi connectivity index (χ0) is 13.5. The maximum Gasteiger partial charge on any atom is 0.185 e. The molecule has 0 atom stereocenters. The molecule has 1 aromatic heterocycles. The molecule has 0 aliphatic carbocycles. The molecule has 0 radical (unpaired) electrons. The van der Waals surface area contributed by atoms with E-state index in [2.05, 4.69) is 22.0 Å². The van der Waals surface area contributed by atoms with Gasteiger partial charge in [-0.3, -0.25) is 9.89 Å². The van der Waals surface area contributed by atoms with Crippen LogP contribution in [0.2, 0.25) is 0 Å². The Hall–Kier alpha value is -1.99. The van der Waals surface area contributed by atoms with E-state index < -0.39 is 0 Å². The van der Waals surface area contributed by atoms with Gasteiger partial charge in [-0.1, -0.05) is 41.8 Å². The van der Waals surface area contributed by atoms with E-state index in [9.17, 15) is 4.79 Å². The fourth-order valence-corrected chi connectivity index (χ4v) is 2.13. The molecule has 4 heteroatoms. The van der Waals surface area contributed by atoms with Crippen LogP contribution in [0.15, 0.2) is 36.5 Å². The van der Waals surface area contributed by atoms with Gasteiger partial charge < -0.3 is 0 Å². The van der Waals surface area contributed by atoms with Crippen molar-refractivity contribution in [2.24, 2.45) is 0 Å². The van der Waals surface area contributed by atoms with Crippen LogP contribution in [0.25, 0.3) is 11.3 Å². The van der Waals surface area contributed by atoms with E-state index in [1.807, 2.05) is 30.3 Å². The number of thioether (sulfide) groups is 1. The molecule has 0 unspecified atom stereocenters. The maximum absolute atomic E-state index is 10.8. The number of carbonyl (C=O) groups is 1. The highest BCUT2D eigenvalue weighted by molar-refractivity contribution is 8.13. The van der Waals surface area contributed by atoms with Gasteiger partial charge in [0.1, 0.15) is 0 Å². The second kappa shape index (κ2) is 6.81. The van der Waals surface area contributed by atoms with Crippen molar-refractivity contribution in [1.29, 1.82) is 0 Å². The number of hydrogen-bond acceptors (Lipinski definition) is 3. The molecule has 2 rings (SSSR count). The number of aromatic amines is 1. The predicted molar refractivity (Wildman–Crippen MR) is 78.7 cm³/mol. The van der Waals surface area contributed by atoms with Crippen molar-refractivity contribution in [2.45, 2.75) is 13.3 Å². The van der Waals surface area contributed by atoms with Crippen LogP contribution in [0, 0.1) is 11.8 Å². The average molecular weight is 270 g/mol. The summed E-state index contributed by atoms with van der Waals surface area (Å²) in [6.07, 6.45) is 2.44. The van der Waals surface area contributed by atoms with Crippen LogP contribution in [0.3, 0.4) is 0 Å². The van der Waals surface area contributed by atoms with E-state index in [1.165, 1.54) is 11.8 Å². The number of H-pyrrole nitrogens is 1. The Bertz CT molecular complexity index is 609. The summed E-state index contributed by atoms with van der Waals surface area (Å²) in [5.41, 5.74) is 2.98. The van der Waals surface area contributed by atoms with Crippen molar-refractivity contribution in [3.63, 3.8) is 0 Å². The van der Waals surface area contributed by atoms with Crippen LogP contribution in [0.1, 0.15) is 18.9 Å². The van der Waals surface area contributed by atoms with E-state index in [4.69, 9.17) is 0 Å². The minimum Gasteiger partial charge on any atom is -0.288 e. The summed E-state index contributed by atoms with van der Waals surface area (Å²) < 4.78 is 0. The number of nitrogens with zero attached hydrogens (tertiary/aromatic N) is 1. The van der Waals surface area contributed by atoms with Crippen molar-refractivity contribution in [3.8, 4) is 23.1 Å². The number of benzene rings is 1. The van der Waals surface area contributed by atoms with E-state index in [0.717, 1.165) is 22.6 Å². The van der Waals surface area contributed by atoms with E-state index in [1.54, 1.807) is 13.1 Å². The fourth-order valence-electron chi connectivity index (χ4n) is 1.64. The lowest BCUT2D eigenvalue weighted by atomic mass is 10.1. The van der Waals surface area contributed by atoms with Gasteiger partial charge in [-0.15, -0.1) is 0 Å². The molecule has 96 valence electrons. The van der Waals surface area contributed by atoms with Crippen molar-refractivity contribution < 1.29 is 4.79 Å². The Labute approximate surface area is 116 Å². The summed E-state index contributed by atoms with van der Waals surface area (Å²) in [5.74, 6) is 7.00. The molecule has 2 aromatic rings. The van der Waals surface area contributed by atoms with Crippen molar-refractivity contribution in [1.82, 2.24) is 10.2 Å². The summed E-state index contributed by atoms with van der Waals surface area (Å²) in [6, 6.07) is 9.87. The fraction of sp³-hybridized carbons (Fsp3) is 0.200. The van der Waals surface area contributed by atoms with Gasteiger partial charge >= 0.3 is 0 Å². The molecule has 0 fully saturated rings. The molecule has 1 heterocycles. The van der Waals surface area contributed by atoms with Crippen molar-refractivity contribution in [2.75, 3.05) is 5.75 Å². The van der Waals surface area contributed by atoms with E-state index >= 15 is 0 Å². The number of nitrogens with one attached hydrogen (secondary N) is 1. The summed E-state index contributed by atoms with van der Waals surface area (Å²) in [7, 11) is 0. The molecule has 0 saturated heterocycles. The number of rotatable bonds is 3. The van der Waals surface area contributed by atoms with Gasteiger partial charge in [0.2, 0.25) is 0 Å². The van der Waals surface area contributed by atoms with Gasteiger partial charge in [0.05, 0.1) is 5.69 Å². The largest absolute Gasteiger partial charge is 0.288 e. The van der Waals surface area contributed by atoms with E-state index in [0.29, 0.717) is 6.42 Å². The zero-order valence-electron chi connectivity index (χ0n) is 10.6. The lowest BCUT2D eigenvalue weighted by molar-refractivity contribution is -0.109. The van der Waals surface area contributed by atoms with Crippen LogP contribution in [-0.2, 0) is 4.79 Å². The third-order valence-corrected chi connectivity index (χ3v) is 3.29. The standard InChI is InChI=1S/C15H14N2OS/c1-12(18)19-11-5-4-7-13-6-2-3-8-14(13)15-9-10-16-17-15/h2-3,6,8-10H,5,11H2,1H3,(H,16,17). The summed E-state index contributed by atoms with van der Waals surface area (Å²) in [6.45, 7) is 1.58. The minimum absolute atomic E-state index is 0.139. The van der Waals surface area contributed by atoms with Gasteiger partial charge in [-0.25, -0.2) is 0 Å². The van der Waals surface area contributed by atoms with Crippen LogP contribution in [-0.4, -0.2) is 21.1 Å². The van der Waals surface area contributed by atoms with Gasteiger partial charge in [0.15, 0.2) is 5.12 Å². The normalized spacial score (nSPS) is 9.74. The third kappa shape index (κ3) is 4.01. The highest BCUT2D eigenvalue weighted by Gasteiger charge is 2.02. The first-order valence-electron chi connectivity index (χ1n) is 5.98. The monoisotopic (exact) mass is 270 g/mol. The highest BCUT2D eigenvalue weighted by Crippen LogP contribution is 2.20. The molecule has 19 heavy (non-hydrogen) atoms. The Morgan fingerprint density at radius 1 is 1.37 bits per heavy atom. The molecule has 0 amide bonds. The molecule has 0 bridgehead atoms. The van der Waals surface area contributed by atoms with Crippen LogP contribution >= 0.6 is 11.8 Å². The molecule has 0 saturated carbocycles. The summed E-state index contributed by atoms with van der Waals surface area (Å²) in [4.78, 5) is 10.8. The molecule has 1 aromatic carbocycles. The Morgan fingerprint density at radius 2 is 2.21 bits per heavy atom. The Morgan fingerprint density at radius 3 is 2.95 bits per heavy atom. The minimum atomic E-state index is 0.139. The second-order valence-electron chi connectivity index (χ2n) is 3.91. The Kier molecular flexibility index (Phi) is 4.82. The quantitative estimate of drug-likeness (QED) is 0.688. The molecule has 0 spiro atoms. The van der Waals surface area contributed by atoms with Crippen LogP contribution < -0.4 is 0 Å². The number of aromatic nitrogens is 2. The van der Waals surface area contributed by atoms with Crippen molar-refractivity contribution >= 4 is 16.9 Å². The molecular formula is C15H14N2OS. The summed E-state index contributed by atoms with van der Waals surface area (Å²) in [5, 5.41) is 7.04. The van der Waals surface area contributed by atoms with Crippen molar-refractivity contribution in [3.05, 3.63) is 42.1 Å². The lowest BCUT2D eigenvalue weighted by Crippen LogP contribution is -1.86. The third-order valence-electron chi connectivity index (χ3n) is 2.47. The smallest absolute Gasteiger partial charge is 0.185 e. The zero-order valence-corrected chi connectivity index (χ0v) is 11.5. The Balaban J connectivity index is 2.09. The number of hydrogen-bond donors (Lipinski definition) is 1. The summed E-state index contributed by atoms with van der Waals surface area (Å²) >= 11 is 1.31. The molecular weight excluding hydrogens is 256 g/mol. The first kappa shape index (κ1) is 13.4. The van der Waals surface area contributed by atoms with Gasteiger partial charge in [0, 0.05) is 36.4 Å². The SMILES string of the molecule is CC(=O)SCCC#Cc1ccccc1-c1ccn[nH]1. The maximum atomic E-state index is 10.8. The van der Waals surface area contributed by atoms with Gasteiger partial charge in [-0.05, 0) is 12.1 Å². The highest BCUT2D eigenvalue weighted by atomic mass is 32.2. The van der Waals surface area contributed by atoms with Crippen LogP contribution in [0.4, 0.5) is 0 Å². The van der Waals surface area contributed by atoms with Gasteiger partial charge in [-0.2, -0.15) is 5.10 Å². The molecule has 3 nitrogen and oxygen atoms in total. The van der Waals surface area contributed by atoms with Gasteiger partial charge in [0.25, 0.3) is 0 Å². The first-order chi connectivity index (χ1) is 9.27. The lowest BCUT2D eigenvalue weighted by Gasteiger charge is -2.00. The first-order valence-corrected chi connectivity index (χ1v) is 6.97. The second-order valence-corrected chi connectivity index (χ2v) is 5.18.